The van der Waals surface area contributed by atoms with E-state index in [9.17, 15) is 14.0 Å². The fourth-order valence-electron chi connectivity index (χ4n) is 3.64. The topological polar surface area (TPSA) is 78.1 Å². The Bertz CT molecular complexity index is 1070. The normalized spacial score (nSPS) is 12.7. The number of amides is 2. The number of benzene rings is 2. The predicted molar refractivity (Wildman–Crippen MR) is 127 cm³/mol. The molecule has 2 atom stereocenters. The summed E-state index contributed by atoms with van der Waals surface area (Å²) in [5.41, 5.74) is 2.87. The fourth-order valence-corrected chi connectivity index (χ4v) is 3.64. The molecule has 0 aliphatic rings. The van der Waals surface area contributed by atoms with Crippen LogP contribution in [-0.2, 0) is 11.2 Å². The summed E-state index contributed by atoms with van der Waals surface area (Å²) < 4.78 is 13.4. The molecule has 174 valence electrons. The highest BCUT2D eigenvalue weighted by Gasteiger charge is 2.28. The first-order chi connectivity index (χ1) is 15.9. The molecule has 3 aromatic rings. The minimum absolute atomic E-state index is 0.00838. The van der Waals surface area contributed by atoms with Crippen molar-refractivity contribution < 1.29 is 14.0 Å². The maximum absolute atomic E-state index is 13.4. The third-order valence-electron chi connectivity index (χ3n) is 5.87. The van der Waals surface area contributed by atoms with Crippen LogP contribution in [0.15, 0.2) is 60.7 Å². The third kappa shape index (κ3) is 6.51. The average Bonchev–Trinajstić information content (AvgIpc) is 3.31. The predicted octanol–water partition coefficient (Wildman–Crippen LogP) is 4.45. The summed E-state index contributed by atoms with van der Waals surface area (Å²) in [5.74, 6) is -0.634. The van der Waals surface area contributed by atoms with Gasteiger partial charge in [0.2, 0.25) is 5.91 Å². The molecule has 6 nitrogen and oxygen atoms in total. The molecule has 0 saturated heterocycles. The smallest absolute Gasteiger partial charge is 0.251 e. The van der Waals surface area contributed by atoms with Crippen molar-refractivity contribution in [2.24, 2.45) is 5.92 Å². The summed E-state index contributed by atoms with van der Waals surface area (Å²) in [7, 11) is 1.76. The lowest BCUT2D eigenvalue weighted by Crippen LogP contribution is -2.50. The van der Waals surface area contributed by atoms with Gasteiger partial charge in [0.05, 0.1) is 5.69 Å². The third-order valence-corrected chi connectivity index (χ3v) is 5.87. The van der Waals surface area contributed by atoms with Crippen molar-refractivity contribution in [2.75, 3.05) is 13.6 Å². The minimum atomic E-state index is -0.584. The Kier molecular flexibility index (Phi) is 8.35. The fraction of sp³-hybridized carbons (Fsp3) is 0.346. The van der Waals surface area contributed by atoms with E-state index in [2.05, 4.69) is 15.5 Å². The molecular weight excluding hydrogens is 419 g/mol. The van der Waals surface area contributed by atoms with Crippen LogP contribution in [0.4, 0.5) is 4.39 Å². The number of carbonyl (C=O) groups excluding carboxylic acids is 2. The maximum Gasteiger partial charge on any atom is 0.251 e. The number of nitrogens with one attached hydrogen (secondary N) is 2. The molecule has 3 rings (SSSR count). The van der Waals surface area contributed by atoms with Gasteiger partial charge in [-0.15, -0.1) is 0 Å². The number of likely N-dealkylation sites (N-methyl/N-ethyl adjacent to an activating group) is 1. The number of nitrogens with zero attached hydrogens (tertiary/aromatic N) is 2. The van der Waals surface area contributed by atoms with Gasteiger partial charge in [-0.1, -0.05) is 50.6 Å². The van der Waals surface area contributed by atoms with Gasteiger partial charge in [0.1, 0.15) is 11.9 Å². The van der Waals surface area contributed by atoms with Crippen molar-refractivity contribution in [2.45, 2.75) is 39.2 Å². The van der Waals surface area contributed by atoms with Gasteiger partial charge in [-0.3, -0.25) is 14.7 Å². The SMILES string of the molecule is CCC(C)C(NC(=O)c1ccccc1)C(=O)N(C)CCCc1cc(-c2cccc(F)c2)n[nH]1. The van der Waals surface area contributed by atoms with Gasteiger partial charge in [0.15, 0.2) is 0 Å². The number of aryl methyl sites for hydroxylation is 1. The van der Waals surface area contributed by atoms with Crippen LogP contribution in [-0.4, -0.2) is 46.5 Å². The average molecular weight is 451 g/mol. The van der Waals surface area contributed by atoms with Gasteiger partial charge in [0, 0.05) is 30.4 Å². The van der Waals surface area contributed by atoms with Crippen molar-refractivity contribution in [1.29, 1.82) is 0 Å². The van der Waals surface area contributed by atoms with E-state index in [0.29, 0.717) is 24.2 Å². The number of halogens is 1. The first-order valence-corrected chi connectivity index (χ1v) is 11.3. The van der Waals surface area contributed by atoms with Crippen molar-refractivity contribution in [1.82, 2.24) is 20.4 Å². The summed E-state index contributed by atoms with van der Waals surface area (Å²) >= 11 is 0. The van der Waals surface area contributed by atoms with E-state index in [1.54, 1.807) is 42.3 Å². The molecule has 0 radical (unpaired) electrons. The number of aromatic amines is 1. The molecule has 2 amide bonds. The highest BCUT2D eigenvalue weighted by Crippen LogP contribution is 2.19. The number of hydrogen-bond donors (Lipinski definition) is 2. The highest BCUT2D eigenvalue weighted by molar-refractivity contribution is 5.97. The van der Waals surface area contributed by atoms with E-state index in [0.717, 1.165) is 24.1 Å². The molecule has 0 fully saturated rings. The van der Waals surface area contributed by atoms with E-state index in [1.165, 1.54) is 12.1 Å². The quantitative estimate of drug-likeness (QED) is 0.479. The van der Waals surface area contributed by atoms with Gasteiger partial charge in [-0.2, -0.15) is 5.10 Å². The summed E-state index contributed by atoms with van der Waals surface area (Å²) in [6.07, 6.45) is 2.20. The molecule has 7 heteroatoms. The molecule has 2 N–H and O–H groups in total. The Labute approximate surface area is 194 Å². The van der Waals surface area contributed by atoms with E-state index >= 15 is 0 Å². The monoisotopic (exact) mass is 450 g/mol. The largest absolute Gasteiger partial charge is 0.344 e. The summed E-state index contributed by atoms with van der Waals surface area (Å²) in [6, 6.07) is 16.6. The van der Waals surface area contributed by atoms with Gasteiger partial charge in [-0.05, 0) is 49.1 Å². The van der Waals surface area contributed by atoms with Crippen LogP contribution < -0.4 is 5.32 Å². The summed E-state index contributed by atoms with van der Waals surface area (Å²) in [4.78, 5) is 27.4. The van der Waals surface area contributed by atoms with Crippen LogP contribution in [0.5, 0.6) is 0 Å². The zero-order valence-corrected chi connectivity index (χ0v) is 19.3. The number of rotatable bonds is 10. The molecule has 0 saturated carbocycles. The van der Waals surface area contributed by atoms with Gasteiger partial charge in [-0.25, -0.2) is 4.39 Å². The van der Waals surface area contributed by atoms with Crippen LogP contribution in [0.25, 0.3) is 11.3 Å². The Morgan fingerprint density at radius 1 is 1.12 bits per heavy atom. The standard InChI is InChI=1S/C26H31FN4O2/c1-4-18(2)24(28-25(32)19-10-6-5-7-11-19)26(33)31(3)15-9-14-22-17-23(30-29-22)20-12-8-13-21(27)16-20/h5-8,10-13,16-18,24H,4,9,14-15H2,1-3H3,(H,28,32)(H,29,30). The summed E-state index contributed by atoms with van der Waals surface area (Å²) in [6.45, 7) is 4.52. The van der Waals surface area contributed by atoms with Crippen molar-refractivity contribution in [3.05, 3.63) is 77.7 Å². The molecule has 0 aliphatic carbocycles. The van der Waals surface area contributed by atoms with Crippen LogP contribution in [0.1, 0.15) is 42.7 Å². The molecule has 1 heterocycles. The van der Waals surface area contributed by atoms with Crippen LogP contribution in [0.2, 0.25) is 0 Å². The minimum Gasteiger partial charge on any atom is -0.344 e. The lowest BCUT2D eigenvalue weighted by Gasteiger charge is -2.28. The molecule has 1 aromatic heterocycles. The summed E-state index contributed by atoms with van der Waals surface area (Å²) in [5, 5.41) is 10.2. The molecule has 0 aliphatic heterocycles. The first-order valence-electron chi connectivity index (χ1n) is 11.3. The second-order valence-electron chi connectivity index (χ2n) is 8.35. The Morgan fingerprint density at radius 3 is 2.58 bits per heavy atom. The van der Waals surface area contributed by atoms with E-state index in [1.807, 2.05) is 32.0 Å². The highest BCUT2D eigenvalue weighted by atomic mass is 19.1. The van der Waals surface area contributed by atoms with Crippen LogP contribution in [0.3, 0.4) is 0 Å². The number of aromatic nitrogens is 2. The number of carbonyl (C=O) groups is 2. The Hall–Kier alpha value is -3.48. The molecule has 2 unspecified atom stereocenters. The molecule has 0 spiro atoms. The van der Waals surface area contributed by atoms with Gasteiger partial charge >= 0.3 is 0 Å². The number of hydrogen-bond acceptors (Lipinski definition) is 3. The molecule has 2 aromatic carbocycles. The zero-order chi connectivity index (χ0) is 23.8. The van der Waals surface area contributed by atoms with Gasteiger partial charge in [0.25, 0.3) is 5.91 Å². The number of H-pyrrole nitrogens is 1. The molecule has 33 heavy (non-hydrogen) atoms. The second kappa shape index (κ2) is 11.4. The van der Waals surface area contributed by atoms with Crippen LogP contribution in [0, 0.1) is 11.7 Å². The lowest BCUT2D eigenvalue weighted by atomic mass is 9.97. The van der Waals surface area contributed by atoms with E-state index in [4.69, 9.17) is 0 Å². The van der Waals surface area contributed by atoms with E-state index in [-0.39, 0.29) is 23.5 Å². The van der Waals surface area contributed by atoms with Crippen LogP contribution >= 0.6 is 0 Å². The maximum atomic E-state index is 13.4. The second-order valence-corrected chi connectivity index (χ2v) is 8.35. The lowest BCUT2D eigenvalue weighted by molar-refractivity contribution is -0.133. The molecular formula is C26H31FN4O2. The zero-order valence-electron chi connectivity index (χ0n) is 19.3. The Balaban J connectivity index is 1.56. The Morgan fingerprint density at radius 2 is 1.88 bits per heavy atom. The van der Waals surface area contributed by atoms with Gasteiger partial charge < -0.3 is 10.2 Å². The van der Waals surface area contributed by atoms with E-state index < -0.39 is 6.04 Å². The first kappa shape index (κ1) is 24.2. The van der Waals surface area contributed by atoms with Crippen molar-refractivity contribution in [3.63, 3.8) is 0 Å². The molecule has 0 bridgehead atoms. The van der Waals surface area contributed by atoms with Crippen molar-refractivity contribution in [3.8, 4) is 11.3 Å². The van der Waals surface area contributed by atoms with Crippen molar-refractivity contribution >= 4 is 11.8 Å².